The van der Waals surface area contributed by atoms with Crippen LogP contribution in [0.2, 0.25) is 5.02 Å². The molecule has 1 amide bonds. The minimum absolute atomic E-state index is 0.0195. The number of fused-ring (bicyclic) bond motifs is 1. The Balaban J connectivity index is 1.45. The SMILES string of the molecule is CCc1ccc(-c2cc(C(F)(F)F)n3nc(C(=O)Nc4cc(C)n(Cc5c(F)cccc5Cl)n4)cc3n2)s1. The summed E-state index contributed by atoms with van der Waals surface area (Å²) in [5, 5.41) is 10.9. The number of aryl methyl sites for hydroxylation is 2. The maximum atomic E-state index is 14.2. The lowest BCUT2D eigenvalue weighted by Crippen LogP contribution is -2.16. The molecule has 1 N–H and O–H groups in total. The van der Waals surface area contributed by atoms with E-state index in [2.05, 4.69) is 20.5 Å². The molecule has 0 bridgehead atoms. The van der Waals surface area contributed by atoms with Gasteiger partial charge in [-0.25, -0.2) is 13.9 Å². The van der Waals surface area contributed by atoms with Crippen LogP contribution in [0.1, 0.15) is 39.2 Å². The van der Waals surface area contributed by atoms with Crippen molar-refractivity contribution in [2.75, 3.05) is 5.32 Å². The predicted octanol–water partition coefficient (Wildman–Crippen LogP) is 6.64. The van der Waals surface area contributed by atoms with Gasteiger partial charge in [-0.3, -0.25) is 9.48 Å². The first-order chi connectivity index (χ1) is 18.0. The second-order valence-corrected chi connectivity index (χ2v) is 10.0. The molecule has 5 rings (SSSR count). The Bertz CT molecular complexity index is 1650. The fourth-order valence-corrected chi connectivity index (χ4v) is 4.99. The number of alkyl halides is 3. The molecule has 4 heterocycles. The summed E-state index contributed by atoms with van der Waals surface area (Å²) in [6, 6.07) is 11.5. The van der Waals surface area contributed by atoms with Gasteiger partial charge in [0, 0.05) is 33.3 Å². The molecule has 0 atom stereocenters. The maximum absolute atomic E-state index is 14.2. The number of carbonyl (C=O) groups is 1. The Kier molecular flexibility index (Phi) is 6.70. The van der Waals surface area contributed by atoms with E-state index in [1.165, 1.54) is 34.2 Å². The number of anilines is 1. The number of benzene rings is 1. The van der Waals surface area contributed by atoms with Crippen molar-refractivity contribution in [3.8, 4) is 10.6 Å². The van der Waals surface area contributed by atoms with E-state index >= 15 is 0 Å². The van der Waals surface area contributed by atoms with Gasteiger partial charge in [0.2, 0.25) is 0 Å². The third-order valence-electron chi connectivity index (χ3n) is 5.81. The number of rotatable bonds is 6. The van der Waals surface area contributed by atoms with Gasteiger partial charge in [0.25, 0.3) is 5.91 Å². The van der Waals surface area contributed by atoms with Crippen molar-refractivity contribution in [3.63, 3.8) is 0 Å². The Morgan fingerprint density at radius 3 is 2.61 bits per heavy atom. The lowest BCUT2D eigenvalue weighted by molar-refractivity contribution is -0.142. The maximum Gasteiger partial charge on any atom is 0.433 e. The monoisotopic (exact) mass is 562 g/mol. The van der Waals surface area contributed by atoms with Crippen LogP contribution >= 0.6 is 22.9 Å². The molecule has 38 heavy (non-hydrogen) atoms. The average Bonchev–Trinajstić information content (AvgIpc) is 3.58. The van der Waals surface area contributed by atoms with Crippen LogP contribution in [0.5, 0.6) is 0 Å². The second kappa shape index (κ2) is 9.84. The molecule has 0 aliphatic heterocycles. The summed E-state index contributed by atoms with van der Waals surface area (Å²) in [6.07, 6.45) is -3.98. The van der Waals surface area contributed by atoms with Crippen LogP contribution < -0.4 is 5.32 Å². The van der Waals surface area contributed by atoms with Crippen molar-refractivity contribution in [1.29, 1.82) is 0 Å². The predicted molar refractivity (Wildman–Crippen MR) is 136 cm³/mol. The van der Waals surface area contributed by atoms with Gasteiger partial charge in [-0.1, -0.05) is 24.6 Å². The van der Waals surface area contributed by atoms with E-state index in [9.17, 15) is 22.4 Å². The van der Waals surface area contributed by atoms with Crippen molar-refractivity contribution in [2.24, 2.45) is 0 Å². The molecule has 0 fully saturated rings. The number of carbonyl (C=O) groups excluding carboxylic acids is 1. The third-order valence-corrected chi connectivity index (χ3v) is 7.41. The minimum Gasteiger partial charge on any atom is -0.304 e. The Morgan fingerprint density at radius 2 is 1.92 bits per heavy atom. The molecule has 0 radical (unpaired) electrons. The van der Waals surface area contributed by atoms with Crippen LogP contribution in [-0.4, -0.2) is 30.3 Å². The number of amides is 1. The first-order valence-electron chi connectivity index (χ1n) is 11.4. The topological polar surface area (TPSA) is 77.1 Å². The molecule has 0 saturated carbocycles. The molecule has 4 aromatic heterocycles. The van der Waals surface area contributed by atoms with Crippen molar-refractivity contribution in [2.45, 2.75) is 33.0 Å². The van der Waals surface area contributed by atoms with E-state index in [0.29, 0.717) is 15.1 Å². The zero-order valence-electron chi connectivity index (χ0n) is 20.0. The van der Waals surface area contributed by atoms with Crippen LogP contribution in [0.3, 0.4) is 0 Å². The van der Waals surface area contributed by atoms with E-state index in [0.717, 1.165) is 17.4 Å². The van der Waals surface area contributed by atoms with Gasteiger partial charge < -0.3 is 5.32 Å². The van der Waals surface area contributed by atoms with Gasteiger partial charge in [-0.05, 0) is 43.7 Å². The van der Waals surface area contributed by atoms with Crippen LogP contribution in [0.4, 0.5) is 23.4 Å². The zero-order chi connectivity index (χ0) is 27.2. The van der Waals surface area contributed by atoms with Crippen LogP contribution in [0, 0.1) is 12.7 Å². The van der Waals surface area contributed by atoms with Crippen molar-refractivity contribution >= 4 is 40.3 Å². The quantitative estimate of drug-likeness (QED) is 0.235. The molecule has 0 aliphatic rings. The molecule has 0 saturated heterocycles. The number of thiophene rings is 1. The summed E-state index contributed by atoms with van der Waals surface area (Å²) < 4.78 is 57.9. The van der Waals surface area contributed by atoms with Gasteiger partial charge in [0.1, 0.15) is 5.82 Å². The average molecular weight is 563 g/mol. The molecule has 5 aromatic rings. The Hall–Kier alpha value is -3.77. The van der Waals surface area contributed by atoms with Gasteiger partial charge in [0.05, 0.1) is 17.1 Å². The normalized spacial score (nSPS) is 11.9. The molecule has 0 aliphatic carbocycles. The summed E-state index contributed by atoms with van der Waals surface area (Å²) in [4.78, 5) is 18.8. The van der Waals surface area contributed by atoms with Gasteiger partial charge >= 0.3 is 6.18 Å². The van der Waals surface area contributed by atoms with E-state index < -0.39 is 23.6 Å². The van der Waals surface area contributed by atoms with E-state index in [1.54, 1.807) is 25.1 Å². The fourth-order valence-electron chi connectivity index (χ4n) is 3.86. The van der Waals surface area contributed by atoms with Crippen LogP contribution in [-0.2, 0) is 19.1 Å². The zero-order valence-corrected chi connectivity index (χ0v) is 21.5. The largest absolute Gasteiger partial charge is 0.433 e. The highest BCUT2D eigenvalue weighted by molar-refractivity contribution is 7.15. The highest BCUT2D eigenvalue weighted by Gasteiger charge is 2.36. The molecule has 13 heteroatoms. The first kappa shape index (κ1) is 25.9. The van der Waals surface area contributed by atoms with E-state index in [-0.39, 0.29) is 40.0 Å². The molecule has 0 spiro atoms. The summed E-state index contributed by atoms with van der Waals surface area (Å²) >= 11 is 7.45. The molecule has 196 valence electrons. The van der Waals surface area contributed by atoms with Crippen molar-refractivity contribution < 1.29 is 22.4 Å². The van der Waals surface area contributed by atoms with Crippen LogP contribution in [0.25, 0.3) is 16.2 Å². The standard InChI is InChI=1S/C25H19ClF4N6OS/c1-3-14-7-8-20(38-14)18-10-21(25(28,29)30)36-23(31-18)11-19(33-36)24(37)32-22-9-13(2)35(34-22)12-15-16(26)5-4-6-17(15)27/h4-11H,3,12H2,1-2H3,(H,32,34,37). The highest BCUT2D eigenvalue weighted by Crippen LogP contribution is 2.34. The first-order valence-corrected chi connectivity index (χ1v) is 12.6. The number of aromatic nitrogens is 5. The number of nitrogens with one attached hydrogen (secondary N) is 1. The van der Waals surface area contributed by atoms with Crippen molar-refractivity contribution in [1.82, 2.24) is 24.4 Å². The number of nitrogens with zero attached hydrogens (tertiary/aromatic N) is 5. The highest BCUT2D eigenvalue weighted by atomic mass is 35.5. The number of hydrogen-bond donors (Lipinski definition) is 1. The summed E-state index contributed by atoms with van der Waals surface area (Å²) in [6.45, 7) is 3.68. The third kappa shape index (κ3) is 5.01. The lowest BCUT2D eigenvalue weighted by Gasteiger charge is -2.10. The van der Waals surface area contributed by atoms with Crippen LogP contribution in [0.15, 0.2) is 48.5 Å². The number of halogens is 5. The van der Waals surface area contributed by atoms with E-state index in [1.807, 2.05) is 13.0 Å². The molecular formula is C25H19ClF4N6OS. The number of hydrogen-bond acceptors (Lipinski definition) is 5. The Morgan fingerprint density at radius 1 is 1.13 bits per heavy atom. The smallest absolute Gasteiger partial charge is 0.304 e. The Labute approximate surface area is 222 Å². The fraction of sp³-hybridized carbons (Fsp3) is 0.200. The lowest BCUT2D eigenvalue weighted by atomic mass is 10.2. The van der Waals surface area contributed by atoms with Crippen molar-refractivity contribution in [3.05, 3.63) is 86.9 Å². The van der Waals surface area contributed by atoms with Gasteiger partial charge in [-0.2, -0.15) is 23.4 Å². The minimum atomic E-state index is -4.73. The molecule has 1 aromatic carbocycles. The summed E-state index contributed by atoms with van der Waals surface area (Å²) in [5.41, 5.74) is -0.473. The molecule has 0 unspecified atom stereocenters. The summed E-state index contributed by atoms with van der Waals surface area (Å²) in [7, 11) is 0. The molecular weight excluding hydrogens is 544 g/mol. The van der Waals surface area contributed by atoms with Gasteiger partial charge in [-0.15, -0.1) is 11.3 Å². The van der Waals surface area contributed by atoms with Gasteiger partial charge in [0.15, 0.2) is 22.9 Å². The summed E-state index contributed by atoms with van der Waals surface area (Å²) in [5.74, 6) is -1.15. The van der Waals surface area contributed by atoms with E-state index in [4.69, 9.17) is 11.6 Å². The molecule has 7 nitrogen and oxygen atoms in total. The second-order valence-electron chi connectivity index (χ2n) is 8.43.